The average molecular weight is 488 g/mol. The zero-order chi connectivity index (χ0) is 23.2. The van der Waals surface area contributed by atoms with E-state index >= 15 is 0 Å². The highest BCUT2D eigenvalue weighted by Crippen LogP contribution is 2.30. The van der Waals surface area contributed by atoms with Gasteiger partial charge in [0.25, 0.3) is 5.91 Å². The van der Waals surface area contributed by atoms with Gasteiger partial charge < -0.3 is 15.0 Å². The third kappa shape index (κ3) is 6.16. The van der Waals surface area contributed by atoms with Crippen molar-refractivity contribution in [3.05, 3.63) is 88.2 Å². The van der Waals surface area contributed by atoms with Gasteiger partial charge in [-0.15, -0.1) is 0 Å². The first-order chi connectivity index (χ1) is 16.0. The normalized spacial score (nSPS) is 14.2. The monoisotopic (exact) mass is 487 g/mol. The highest BCUT2D eigenvalue weighted by atomic mass is 35.5. The van der Waals surface area contributed by atoms with Crippen LogP contribution in [0.3, 0.4) is 0 Å². The van der Waals surface area contributed by atoms with Crippen LogP contribution in [0.1, 0.15) is 5.56 Å². The van der Waals surface area contributed by atoms with Crippen molar-refractivity contribution in [2.45, 2.75) is 6.54 Å². The molecule has 1 aliphatic heterocycles. The fraction of sp³-hybridized carbons (Fsp3) is 0.240. The second kappa shape index (κ2) is 10.9. The third-order valence-corrected chi connectivity index (χ3v) is 6.16. The molecule has 4 rings (SSSR count). The lowest BCUT2D eigenvalue weighted by molar-refractivity contribution is -0.118. The van der Waals surface area contributed by atoms with Gasteiger partial charge >= 0.3 is 0 Å². The van der Waals surface area contributed by atoms with Crippen LogP contribution in [0.5, 0.6) is 5.75 Å². The Kier molecular flexibility index (Phi) is 7.70. The Morgan fingerprint density at radius 3 is 2.39 bits per heavy atom. The van der Waals surface area contributed by atoms with Gasteiger partial charge in [-0.3, -0.25) is 9.69 Å². The number of piperazine rings is 1. The summed E-state index contributed by atoms with van der Waals surface area (Å²) in [5.74, 6) is -0.866. The van der Waals surface area contributed by atoms with Gasteiger partial charge in [-0.2, -0.15) is 0 Å². The number of hydrogen-bond acceptors (Lipinski definition) is 4. The molecule has 8 heteroatoms. The molecule has 0 spiro atoms. The smallest absolute Gasteiger partial charge is 0.262 e. The van der Waals surface area contributed by atoms with Crippen LogP contribution in [0.4, 0.5) is 15.8 Å². The molecule has 1 N–H and O–H groups in total. The van der Waals surface area contributed by atoms with E-state index < -0.39 is 11.7 Å². The maximum Gasteiger partial charge on any atom is 0.262 e. The maximum absolute atomic E-state index is 13.6. The highest BCUT2D eigenvalue weighted by Gasteiger charge is 2.20. The van der Waals surface area contributed by atoms with E-state index in [1.54, 1.807) is 24.3 Å². The molecule has 1 amide bonds. The van der Waals surface area contributed by atoms with E-state index in [1.165, 1.54) is 12.1 Å². The van der Waals surface area contributed by atoms with Crippen LogP contribution in [0, 0.1) is 5.82 Å². The first-order valence-electron chi connectivity index (χ1n) is 10.7. The molecule has 1 saturated heterocycles. The second-order valence-electron chi connectivity index (χ2n) is 7.79. The number of carbonyl (C=O) groups excluding carboxylic acids is 1. The minimum atomic E-state index is -0.510. The molecule has 0 atom stereocenters. The van der Waals surface area contributed by atoms with Gasteiger partial charge in [0.15, 0.2) is 18.2 Å². The Balaban J connectivity index is 1.29. The zero-order valence-electron chi connectivity index (χ0n) is 17.9. The van der Waals surface area contributed by atoms with Gasteiger partial charge in [-0.25, -0.2) is 4.39 Å². The Morgan fingerprint density at radius 1 is 0.939 bits per heavy atom. The lowest BCUT2D eigenvalue weighted by Gasteiger charge is -2.36. The molecule has 1 heterocycles. The Labute approximate surface area is 202 Å². The van der Waals surface area contributed by atoms with Crippen LogP contribution in [0.2, 0.25) is 10.0 Å². The summed E-state index contributed by atoms with van der Waals surface area (Å²) in [7, 11) is 0. The second-order valence-corrected chi connectivity index (χ2v) is 8.60. The minimum absolute atomic E-state index is 0.0368. The molecule has 0 aromatic heterocycles. The molecule has 0 aliphatic carbocycles. The van der Waals surface area contributed by atoms with Crippen molar-refractivity contribution in [2.75, 3.05) is 43.0 Å². The first-order valence-corrected chi connectivity index (χ1v) is 11.4. The average Bonchev–Trinajstić information content (AvgIpc) is 2.81. The molecule has 5 nitrogen and oxygen atoms in total. The number of halogens is 3. The molecular weight excluding hydrogens is 464 g/mol. The molecule has 3 aromatic rings. The number of nitrogens with zero attached hydrogens (tertiary/aromatic N) is 2. The summed E-state index contributed by atoms with van der Waals surface area (Å²) in [6.07, 6.45) is 0. The van der Waals surface area contributed by atoms with Crippen molar-refractivity contribution in [1.82, 2.24) is 4.90 Å². The summed E-state index contributed by atoms with van der Waals surface area (Å²) in [6, 6.07) is 19.3. The highest BCUT2D eigenvalue weighted by molar-refractivity contribution is 6.33. The SMILES string of the molecule is O=C(COc1ccccc1F)Nc1ccc(N2CCN(Cc3ccccc3Cl)CC2)c(Cl)c1. The lowest BCUT2D eigenvalue weighted by Crippen LogP contribution is -2.46. The summed E-state index contributed by atoms with van der Waals surface area (Å²) in [6.45, 7) is 3.99. The van der Waals surface area contributed by atoms with Crippen molar-refractivity contribution >= 4 is 40.5 Å². The largest absolute Gasteiger partial charge is 0.481 e. The van der Waals surface area contributed by atoms with E-state index in [0.717, 1.165) is 49.0 Å². The number of ether oxygens (including phenoxy) is 1. The molecule has 0 bridgehead atoms. The van der Waals surface area contributed by atoms with Crippen LogP contribution in [0.25, 0.3) is 0 Å². The number of amides is 1. The van der Waals surface area contributed by atoms with Crippen LogP contribution < -0.4 is 15.0 Å². The molecule has 1 fully saturated rings. The van der Waals surface area contributed by atoms with E-state index in [4.69, 9.17) is 27.9 Å². The summed E-state index contributed by atoms with van der Waals surface area (Å²) in [4.78, 5) is 16.8. The number of nitrogens with one attached hydrogen (secondary N) is 1. The van der Waals surface area contributed by atoms with Crippen LogP contribution in [-0.2, 0) is 11.3 Å². The first kappa shape index (κ1) is 23.4. The zero-order valence-corrected chi connectivity index (χ0v) is 19.5. The van der Waals surface area contributed by atoms with Gasteiger partial charge in [-0.1, -0.05) is 53.5 Å². The number of rotatable bonds is 7. The number of benzene rings is 3. The number of anilines is 2. The molecule has 1 aliphatic rings. The number of para-hydroxylation sites is 1. The fourth-order valence-electron chi connectivity index (χ4n) is 3.76. The van der Waals surface area contributed by atoms with Crippen molar-refractivity contribution in [3.8, 4) is 5.75 Å². The summed E-state index contributed by atoms with van der Waals surface area (Å²) < 4.78 is 18.8. The van der Waals surface area contributed by atoms with Crippen molar-refractivity contribution in [1.29, 1.82) is 0 Å². The van der Waals surface area contributed by atoms with E-state index in [2.05, 4.69) is 21.2 Å². The van der Waals surface area contributed by atoms with Gasteiger partial charge in [0, 0.05) is 43.4 Å². The lowest BCUT2D eigenvalue weighted by atomic mass is 10.2. The molecule has 33 heavy (non-hydrogen) atoms. The summed E-state index contributed by atoms with van der Waals surface area (Å²) in [5.41, 5.74) is 2.61. The fourth-order valence-corrected chi connectivity index (χ4v) is 4.25. The predicted octanol–water partition coefficient (Wildman–Crippen LogP) is 5.47. The summed E-state index contributed by atoms with van der Waals surface area (Å²) in [5, 5.41) is 4.08. The molecule has 172 valence electrons. The van der Waals surface area contributed by atoms with Crippen molar-refractivity contribution in [3.63, 3.8) is 0 Å². The van der Waals surface area contributed by atoms with E-state index in [9.17, 15) is 9.18 Å². The summed E-state index contributed by atoms with van der Waals surface area (Å²) >= 11 is 12.8. The van der Waals surface area contributed by atoms with E-state index in [-0.39, 0.29) is 12.4 Å². The minimum Gasteiger partial charge on any atom is -0.481 e. The standard InChI is InChI=1S/C25H24Cl2FN3O2/c26-20-6-2-1-5-18(20)16-30-11-13-31(14-12-30)23-10-9-19(15-21(23)27)29-25(32)17-33-24-8-4-3-7-22(24)28/h1-10,15H,11-14,16-17H2,(H,29,32). The molecule has 0 unspecified atom stereocenters. The Morgan fingerprint density at radius 2 is 1.67 bits per heavy atom. The Bertz CT molecular complexity index is 1120. The molecule has 0 saturated carbocycles. The molecule has 0 radical (unpaired) electrons. The topological polar surface area (TPSA) is 44.8 Å². The van der Waals surface area contributed by atoms with Crippen LogP contribution in [-0.4, -0.2) is 43.6 Å². The quantitative estimate of drug-likeness (QED) is 0.479. The Hall–Kier alpha value is -2.80. The van der Waals surface area contributed by atoms with Crippen molar-refractivity contribution < 1.29 is 13.9 Å². The van der Waals surface area contributed by atoms with Gasteiger partial charge in [0.1, 0.15) is 0 Å². The van der Waals surface area contributed by atoms with Crippen LogP contribution in [0.15, 0.2) is 66.7 Å². The van der Waals surface area contributed by atoms with Crippen molar-refractivity contribution in [2.24, 2.45) is 0 Å². The van der Waals surface area contributed by atoms with Gasteiger partial charge in [0.05, 0.1) is 10.7 Å². The number of carbonyl (C=O) groups is 1. The van der Waals surface area contributed by atoms with Gasteiger partial charge in [0.2, 0.25) is 0 Å². The van der Waals surface area contributed by atoms with E-state index in [0.29, 0.717) is 10.7 Å². The van der Waals surface area contributed by atoms with E-state index in [1.807, 2.05) is 24.3 Å². The van der Waals surface area contributed by atoms with Gasteiger partial charge in [-0.05, 0) is 42.0 Å². The third-order valence-electron chi connectivity index (χ3n) is 5.49. The maximum atomic E-state index is 13.6. The predicted molar refractivity (Wildman–Crippen MR) is 131 cm³/mol. The van der Waals surface area contributed by atoms with Crippen LogP contribution >= 0.6 is 23.2 Å². The molecule has 3 aromatic carbocycles. The number of hydrogen-bond donors (Lipinski definition) is 1. The molecular formula is C25H24Cl2FN3O2.